The van der Waals surface area contributed by atoms with Crippen LogP contribution in [0.4, 0.5) is 0 Å². The van der Waals surface area contributed by atoms with Crippen LogP contribution >= 0.6 is 0 Å². The summed E-state index contributed by atoms with van der Waals surface area (Å²) in [6.45, 7) is 4.36. The average molecular weight is 457 g/mol. The van der Waals surface area contributed by atoms with E-state index in [9.17, 15) is 18.1 Å². The third-order valence-electron chi connectivity index (χ3n) is 5.99. The number of aliphatic hydroxyl groups excluding tert-OH is 1. The first kappa shape index (κ1) is 33.0. The predicted molar refractivity (Wildman–Crippen MR) is 123 cm³/mol. The summed E-state index contributed by atoms with van der Waals surface area (Å²) in [5.41, 5.74) is 0. The van der Waals surface area contributed by atoms with E-state index in [1.807, 2.05) is 0 Å². The average Bonchev–Trinajstić information content (AvgIpc) is 2.67. The molecule has 0 aromatic rings. The maximum atomic E-state index is 11.4. The van der Waals surface area contributed by atoms with Gasteiger partial charge in [0.2, 0.25) is 0 Å². The Balaban J connectivity index is 0. The molecule has 2 atom stereocenters. The number of hydrogen-bond donors (Lipinski definition) is 1. The fraction of sp³-hybridized carbons (Fsp3) is 1.00. The molecule has 2 unspecified atom stereocenters. The van der Waals surface area contributed by atoms with Gasteiger partial charge >= 0.3 is 29.6 Å². The van der Waals surface area contributed by atoms with Crippen molar-refractivity contribution in [1.29, 1.82) is 0 Å². The SMILES string of the molecule is CCCCCCCCCCCCCC(O)CCCC(CCCCCC)S(=O)(=O)[O-].[Na+]. The Hall–Kier alpha value is 0.870. The molecule has 4 nitrogen and oxygen atoms in total. The van der Waals surface area contributed by atoms with E-state index in [0.29, 0.717) is 25.7 Å². The standard InChI is InChI=1S/C24H50O4S.Na/c1-3-5-7-9-10-11-12-13-14-15-16-19-23(25)20-18-22-24(29(26,27)28)21-17-8-6-4-2;/h23-25H,3-22H2,1-2H3,(H,26,27,28);/q;+1/p-1. The maximum Gasteiger partial charge on any atom is 1.00 e. The molecule has 1 N–H and O–H groups in total. The van der Waals surface area contributed by atoms with Crippen LogP contribution in [0, 0.1) is 0 Å². The van der Waals surface area contributed by atoms with Crippen molar-refractivity contribution in [2.45, 2.75) is 154 Å². The summed E-state index contributed by atoms with van der Waals surface area (Å²) in [6, 6.07) is 0. The van der Waals surface area contributed by atoms with Crippen molar-refractivity contribution in [3.05, 3.63) is 0 Å². The van der Waals surface area contributed by atoms with Crippen molar-refractivity contribution < 1.29 is 47.6 Å². The van der Waals surface area contributed by atoms with Crippen LogP contribution in [0.2, 0.25) is 0 Å². The summed E-state index contributed by atoms with van der Waals surface area (Å²) < 4.78 is 34.3. The molecule has 0 saturated heterocycles. The number of hydrogen-bond acceptors (Lipinski definition) is 4. The Morgan fingerprint density at radius 3 is 1.40 bits per heavy atom. The first-order valence-corrected chi connectivity index (χ1v) is 14.0. The fourth-order valence-electron chi connectivity index (χ4n) is 4.00. The van der Waals surface area contributed by atoms with Crippen LogP contribution in [-0.4, -0.2) is 29.4 Å². The largest absolute Gasteiger partial charge is 1.00 e. The normalized spacial score (nSPS) is 13.7. The molecule has 0 rings (SSSR count). The van der Waals surface area contributed by atoms with Crippen molar-refractivity contribution in [2.24, 2.45) is 0 Å². The van der Waals surface area contributed by atoms with Gasteiger partial charge in [0.25, 0.3) is 0 Å². The van der Waals surface area contributed by atoms with Crippen molar-refractivity contribution in [1.82, 2.24) is 0 Å². The zero-order valence-electron chi connectivity index (χ0n) is 20.4. The molecule has 0 amide bonds. The van der Waals surface area contributed by atoms with Gasteiger partial charge in [0.1, 0.15) is 0 Å². The van der Waals surface area contributed by atoms with Gasteiger partial charge in [-0.15, -0.1) is 0 Å². The third-order valence-corrected chi connectivity index (χ3v) is 7.28. The van der Waals surface area contributed by atoms with Crippen LogP contribution in [0.5, 0.6) is 0 Å². The van der Waals surface area contributed by atoms with Gasteiger partial charge in [0, 0.05) is 5.25 Å². The van der Waals surface area contributed by atoms with Gasteiger partial charge in [-0.3, -0.25) is 0 Å². The van der Waals surface area contributed by atoms with Crippen LogP contribution in [0.3, 0.4) is 0 Å². The second-order valence-corrected chi connectivity index (χ2v) is 10.5. The Labute approximate surface area is 210 Å². The molecule has 176 valence electrons. The maximum absolute atomic E-state index is 11.4. The van der Waals surface area contributed by atoms with Crippen molar-refractivity contribution >= 4 is 10.1 Å². The quantitative estimate of drug-likeness (QED) is 0.151. The Morgan fingerprint density at radius 1 is 0.600 bits per heavy atom. The zero-order valence-corrected chi connectivity index (χ0v) is 23.2. The van der Waals surface area contributed by atoms with Crippen molar-refractivity contribution in [3.63, 3.8) is 0 Å². The van der Waals surface area contributed by atoms with Crippen LogP contribution in [0.15, 0.2) is 0 Å². The molecule has 0 aromatic heterocycles. The molecule has 0 aromatic carbocycles. The molecular formula is C24H49NaO4S. The van der Waals surface area contributed by atoms with E-state index in [1.54, 1.807) is 0 Å². The summed E-state index contributed by atoms with van der Waals surface area (Å²) >= 11 is 0. The second-order valence-electron chi connectivity index (χ2n) is 8.87. The number of aliphatic hydroxyl groups is 1. The molecule has 0 radical (unpaired) electrons. The monoisotopic (exact) mass is 456 g/mol. The van der Waals surface area contributed by atoms with E-state index < -0.39 is 15.4 Å². The number of unbranched alkanes of at least 4 members (excludes halogenated alkanes) is 13. The zero-order chi connectivity index (χ0) is 21.8. The van der Waals surface area contributed by atoms with E-state index in [-0.39, 0.29) is 35.7 Å². The summed E-state index contributed by atoms with van der Waals surface area (Å²) in [7, 11) is -4.22. The van der Waals surface area contributed by atoms with Crippen LogP contribution in [0.1, 0.15) is 142 Å². The van der Waals surface area contributed by atoms with Gasteiger partial charge in [-0.25, -0.2) is 8.42 Å². The Bertz CT molecular complexity index is 442. The minimum atomic E-state index is -4.22. The van der Waals surface area contributed by atoms with Gasteiger partial charge in [-0.2, -0.15) is 0 Å². The Morgan fingerprint density at radius 2 is 0.933 bits per heavy atom. The van der Waals surface area contributed by atoms with E-state index in [1.165, 1.54) is 64.2 Å². The summed E-state index contributed by atoms with van der Waals surface area (Å²) in [6.07, 6.45) is 20.8. The molecule has 0 aliphatic carbocycles. The minimum absolute atomic E-state index is 0. The molecule has 0 spiro atoms. The third kappa shape index (κ3) is 22.1. The molecule has 0 saturated carbocycles. The molecule has 6 heteroatoms. The summed E-state index contributed by atoms with van der Waals surface area (Å²) in [4.78, 5) is 0. The van der Waals surface area contributed by atoms with Gasteiger partial charge in [-0.1, -0.05) is 110 Å². The van der Waals surface area contributed by atoms with Crippen molar-refractivity contribution in [3.8, 4) is 0 Å². The smallest absolute Gasteiger partial charge is 0.748 e. The minimum Gasteiger partial charge on any atom is -0.748 e. The first-order chi connectivity index (χ1) is 13.9. The molecule has 0 aliphatic rings. The van der Waals surface area contributed by atoms with E-state index >= 15 is 0 Å². The Kier molecular flexibility index (Phi) is 25.4. The second kappa shape index (κ2) is 23.0. The molecule has 0 fully saturated rings. The van der Waals surface area contributed by atoms with Gasteiger partial charge < -0.3 is 9.66 Å². The predicted octanol–water partition coefficient (Wildman–Crippen LogP) is 4.11. The van der Waals surface area contributed by atoms with Crippen LogP contribution < -0.4 is 29.6 Å². The summed E-state index contributed by atoms with van der Waals surface area (Å²) in [5.74, 6) is 0. The van der Waals surface area contributed by atoms with Gasteiger partial charge in [-0.05, 0) is 32.1 Å². The van der Waals surface area contributed by atoms with Gasteiger partial charge in [0.05, 0.1) is 16.2 Å². The van der Waals surface area contributed by atoms with E-state index in [0.717, 1.165) is 38.5 Å². The topological polar surface area (TPSA) is 77.4 Å². The summed E-state index contributed by atoms with van der Waals surface area (Å²) in [5, 5.41) is 9.36. The van der Waals surface area contributed by atoms with Gasteiger partial charge in [0.15, 0.2) is 0 Å². The molecule has 0 heterocycles. The first-order valence-electron chi connectivity index (χ1n) is 12.5. The molecular weight excluding hydrogens is 407 g/mol. The van der Waals surface area contributed by atoms with Crippen molar-refractivity contribution in [2.75, 3.05) is 0 Å². The fourth-order valence-corrected chi connectivity index (χ4v) is 4.91. The van der Waals surface area contributed by atoms with E-state index in [2.05, 4.69) is 13.8 Å². The molecule has 0 aliphatic heterocycles. The number of rotatable bonds is 22. The van der Waals surface area contributed by atoms with Crippen LogP contribution in [0.25, 0.3) is 0 Å². The van der Waals surface area contributed by atoms with E-state index in [4.69, 9.17) is 0 Å². The molecule has 30 heavy (non-hydrogen) atoms. The molecule has 0 bridgehead atoms. The van der Waals surface area contributed by atoms with Crippen LogP contribution in [-0.2, 0) is 10.1 Å².